The Balaban J connectivity index is 1.43. The Hall–Kier alpha value is -3.03. The van der Waals surface area contributed by atoms with Crippen LogP contribution < -0.4 is 14.8 Å². The van der Waals surface area contributed by atoms with Gasteiger partial charge in [0.05, 0.1) is 33.1 Å². The minimum absolute atomic E-state index is 0.130. The molecule has 1 aromatic heterocycles. The zero-order valence-electron chi connectivity index (χ0n) is 16.7. The molecule has 0 bridgehead atoms. The van der Waals surface area contributed by atoms with E-state index in [0.29, 0.717) is 41.9 Å². The van der Waals surface area contributed by atoms with Crippen LogP contribution in [-0.4, -0.2) is 29.9 Å². The molecule has 1 amide bonds. The monoisotopic (exact) mass is 427 g/mol. The average molecular weight is 428 g/mol. The number of hydrogen-bond acceptors (Lipinski definition) is 5. The number of carbonyl (C=O) groups is 1. The summed E-state index contributed by atoms with van der Waals surface area (Å²) in [5.74, 6) is 1.09. The maximum absolute atomic E-state index is 12.6. The minimum atomic E-state index is -0.252. The Morgan fingerprint density at radius 1 is 1.20 bits per heavy atom. The summed E-state index contributed by atoms with van der Waals surface area (Å²) in [6.07, 6.45) is -0.130. The van der Waals surface area contributed by atoms with Crippen molar-refractivity contribution in [2.24, 2.45) is 0 Å². The highest BCUT2D eigenvalue weighted by Gasteiger charge is 2.24. The highest BCUT2D eigenvalue weighted by molar-refractivity contribution is 6.30. The maximum atomic E-state index is 12.6. The van der Waals surface area contributed by atoms with Crippen molar-refractivity contribution in [2.45, 2.75) is 25.8 Å². The fourth-order valence-electron chi connectivity index (χ4n) is 3.38. The molecular weight excluding hydrogens is 406 g/mol. The molecule has 8 heteroatoms. The van der Waals surface area contributed by atoms with Crippen molar-refractivity contribution >= 4 is 17.5 Å². The summed E-state index contributed by atoms with van der Waals surface area (Å²) in [5, 5.41) is 8.05. The molecule has 7 nitrogen and oxygen atoms in total. The molecule has 0 radical (unpaired) electrons. The Morgan fingerprint density at radius 3 is 2.73 bits per heavy atom. The summed E-state index contributed by atoms with van der Waals surface area (Å²) in [6, 6.07) is 14.8. The number of nitrogens with one attached hydrogen (secondary N) is 1. The topological polar surface area (TPSA) is 74.6 Å². The van der Waals surface area contributed by atoms with Gasteiger partial charge in [-0.15, -0.1) is 0 Å². The average Bonchev–Trinajstić information content (AvgIpc) is 3.21. The SMILES string of the molecule is COc1ccc(CNC(=O)c2cc3n(n2)CC(c2ccc(Cl)cc2)OC3)c(OC)c1. The van der Waals surface area contributed by atoms with E-state index in [-0.39, 0.29) is 12.0 Å². The van der Waals surface area contributed by atoms with Crippen molar-refractivity contribution in [3.8, 4) is 11.5 Å². The van der Waals surface area contributed by atoms with Gasteiger partial charge in [-0.05, 0) is 35.9 Å². The van der Waals surface area contributed by atoms with Crippen LogP contribution in [0.1, 0.15) is 33.4 Å². The number of carbonyl (C=O) groups excluding carboxylic acids is 1. The second-order valence-electron chi connectivity index (χ2n) is 6.91. The molecule has 0 saturated heterocycles. The van der Waals surface area contributed by atoms with Crippen LogP contribution in [0.3, 0.4) is 0 Å². The van der Waals surface area contributed by atoms with Crippen LogP contribution in [0.4, 0.5) is 0 Å². The lowest BCUT2D eigenvalue weighted by Crippen LogP contribution is -2.24. The quantitative estimate of drug-likeness (QED) is 0.648. The molecule has 1 N–H and O–H groups in total. The summed E-state index contributed by atoms with van der Waals surface area (Å²) < 4.78 is 18.3. The Labute approximate surface area is 179 Å². The van der Waals surface area contributed by atoms with Crippen LogP contribution in [0.15, 0.2) is 48.5 Å². The van der Waals surface area contributed by atoms with E-state index in [1.807, 2.05) is 41.1 Å². The van der Waals surface area contributed by atoms with E-state index in [1.165, 1.54) is 0 Å². The van der Waals surface area contributed by atoms with Gasteiger partial charge in [0.15, 0.2) is 5.69 Å². The number of benzene rings is 2. The second kappa shape index (κ2) is 8.77. The standard InChI is InChI=1S/C22H22ClN3O4/c1-28-18-8-5-15(20(10-18)29-2)11-24-22(27)19-9-17-13-30-21(12-26(17)25-19)14-3-6-16(23)7-4-14/h3-10,21H,11-13H2,1-2H3,(H,24,27). The number of amides is 1. The first-order valence-corrected chi connectivity index (χ1v) is 9.88. The number of rotatable bonds is 6. The lowest BCUT2D eigenvalue weighted by molar-refractivity contribution is -0.00119. The van der Waals surface area contributed by atoms with Gasteiger partial charge in [-0.3, -0.25) is 9.48 Å². The van der Waals surface area contributed by atoms with Gasteiger partial charge in [-0.1, -0.05) is 23.7 Å². The van der Waals surface area contributed by atoms with E-state index < -0.39 is 0 Å². The van der Waals surface area contributed by atoms with E-state index in [0.717, 1.165) is 16.8 Å². The third kappa shape index (κ3) is 4.27. The lowest BCUT2D eigenvalue weighted by Gasteiger charge is -2.24. The van der Waals surface area contributed by atoms with Crippen molar-refractivity contribution in [3.63, 3.8) is 0 Å². The van der Waals surface area contributed by atoms with E-state index >= 15 is 0 Å². The fourth-order valence-corrected chi connectivity index (χ4v) is 3.51. The van der Waals surface area contributed by atoms with Crippen molar-refractivity contribution < 1.29 is 19.0 Å². The molecule has 156 valence electrons. The molecule has 0 fully saturated rings. The molecule has 1 aliphatic rings. The van der Waals surface area contributed by atoms with E-state index in [4.69, 9.17) is 25.8 Å². The third-order valence-electron chi connectivity index (χ3n) is 5.04. The van der Waals surface area contributed by atoms with Gasteiger partial charge in [0.25, 0.3) is 5.91 Å². The van der Waals surface area contributed by atoms with Crippen LogP contribution in [0, 0.1) is 0 Å². The molecule has 30 heavy (non-hydrogen) atoms. The van der Waals surface area contributed by atoms with Crippen molar-refractivity contribution in [1.29, 1.82) is 0 Å². The number of halogens is 1. The van der Waals surface area contributed by atoms with E-state index in [2.05, 4.69) is 10.4 Å². The maximum Gasteiger partial charge on any atom is 0.272 e. The van der Waals surface area contributed by atoms with Gasteiger partial charge < -0.3 is 19.5 Å². The number of nitrogens with zero attached hydrogens (tertiary/aromatic N) is 2. The van der Waals surface area contributed by atoms with Crippen LogP contribution in [0.5, 0.6) is 11.5 Å². The Morgan fingerprint density at radius 2 is 2.00 bits per heavy atom. The van der Waals surface area contributed by atoms with Crippen molar-refractivity contribution in [3.05, 3.63) is 76.1 Å². The van der Waals surface area contributed by atoms with Crippen molar-refractivity contribution in [1.82, 2.24) is 15.1 Å². The van der Waals surface area contributed by atoms with Gasteiger partial charge in [0.2, 0.25) is 0 Å². The zero-order chi connectivity index (χ0) is 21.1. The zero-order valence-corrected chi connectivity index (χ0v) is 17.5. The summed E-state index contributed by atoms with van der Waals surface area (Å²) in [6.45, 7) is 1.24. The van der Waals surface area contributed by atoms with Crippen molar-refractivity contribution in [2.75, 3.05) is 14.2 Å². The largest absolute Gasteiger partial charge is 0.497 e. The summed E-state index contributed by atoms with van der Waals surface area (Å²) in [7, 11) is 3.18. The third-order valence-corrected chi connectivity index (χ3v) is 5.29. The Kier molecular flexibility index (Phi) is 5.92. The van der Waals surface area contributed by atoms with Gasteiger partial charge >= 0.3 is 0 Å². The van der Waals surface area contributed by atoms with Crippen LogP contribution in [0.25, 0.3) is 0 Å². The minimum Gasteiger partial charge on any atom is -0.497 e. The highest BCUT2D eigenvalue weighted by Crippen LogP contribution is 2.28. The lowest BCUT2D eigenvalue weighted by atomic mass is 10.1. The first-order valence-electron chi connectivity index (χ1n) is 9.50. The predicted octanol–water partition coefficient (Wildman–Crippen LogP) is 3.76. The fraction of sp³-hybridized carbons (Fsp3) is 0.273. The Bertz CT molecular complexity index is 1050. The number of aromatic nitrogens is 2. The molecule has 2 heterocycles. The second-order valence-corrected chi connectivity index (χ2v) is 7.35. The van der Waals surface area contributed by atoms with E-state index in [9.17, 15) is 4.79 Å². The summed E-state index contributed by atoms with van der Waals surface area (Å²) in [5.41, 5.74) is 3.10. The number of hydrogen-bond donors (Lipinski definition) is 1. The van der Waals surface area contributed by atoms with Gasteiger partial charge in [0.1, 0.15) is 17.6 Å². The normalized spacial score (nSPS) is 15.4. The van der Waals surface area contributed by atoms with Gasteiger partial charge in [-0.25, -0.2) is 0 Å². The smallest absolute Gasteiger partial charge is 0.272 e. The van der Waals surface area contributed by atoms with E-state index in [1.54, 1.807) is 26.4 Å². The molecule has 0 spiro atoms. The molecule has 2 aromatic carbocycles. The first kappa shape index (κ1) is 20.3. The van der Waals surface area contributed by atoms with Gasteiger partial charge in [0, 0.05) is 23.2 Å². The molecule has 3 aromatic rings. The van der Waals surface area contributed by atoms with Crippen LogP contribution in [0.2, 0.25) is 5.02 Å². The number of ether oxygens (including phenoxy) is 3. The molecule has 0 saturated carbocycles. The van der Waals surface area contributed by atoms with Gasteiger partial charge in [-0.2, -0.15) is 5.10 Å². The van der Waals surface area contributed by atoms with Crippen LogP contribution >= 0.6 is 11.6 Å². The number of fused-ring (bicyclic) bond motifs is 1. The molecule has 1 atom stereocenters. The molecule has 1 unspecified atom stereocenters. The molecule has 1 aliphatic heterocycles. The highest BCUT2D eigenvalue weighted by atomic mass is 35.5. The summed E-state index contributed by atoms with van der Waals surface area (Å²) in [4.78, 5) is 12.6. The first-order chi connectivity index (χ1) is 14.6. The molecule has 0 aliphatic carbocycles. The summed E-state index contributed by atoms with van der Waals surface area (Å²) >= 11 is 5.96. The number of methoxy groups -OCH3 is 2. The van der Waals surface area contributed by atoms with Crippen LogP contribution in [-0.2, 0) is 24.4 Å². The molecular formula is C22H22ClN3O4. The molecule has 4 rings (SSSR count). The predicted molar refractivity (Wildman–Crippen MR) is 112 cm³/mol.